The average molecular weight is 245 g/mol. The van der Waals surface area contributed by atoms with Gasteiger partial charge < -0.3 is 5.11 Å². The first-order valence-corrected chi connectivity index (χ1v) is 5.96. The molecule has 0 unspecified atom stereocenters. The first kappa shape index (κ1) is 10.3. The van der Waals surface area contributed by atoms with Crippen molar-refractivity contribution in [2.24, 2.45) is 0 Å². The molecule has 0 aliphatic heterocycles. The molecule has 2 rings (SSSR count). The van der Waals surface area contributed by atoms with Crippen molar-refractivity contribution in [3.63, 3.8) is 0 Å². The molecular formula is C10H9ClOS2. The molecule has 1 aromatic carbocycles. The number of hydrogen-bond donors (Lipinski definition) is 2. The quantitative estimate of drug-likeness (QED) is 0.613. The van der Waals surface area contributed by atoms with Gasteiger partial charge in [0.25, 0.3) is 0 Å². The fourth-order valence-corrected chi connectivity index (χ4v) is 3.25. The van der Waals surface area contributed by atoms with E-state index in [-0.39, 0.29) is 6.61 Å². The molecule has 0 radical (unpaired) electrons. The number of rotatable bonds is 2. The van der Waals surface area contributed by atoms with Crippen LogP contribution in [0.4, 0.5) is 0 Å². The van der Waals surface area contributed by atoms with Crippen molar-refractivity contribution in [1.82, 2.24) is 0 Å². The highest BCUT2D eigenvalue weighted by Crippen LogP contribution is 2.36. The Morgan fingerprint density at radius 3 is 2.86 bits per heavy atom. The Hall–Kier alpha value is -0.220. The average Bonchev–Trinajstić information content (AvgIpc) is 2.55. The van der Waals surface area contributed by atoms with Crippen molar-refractivity contribution in [2.45, 2.75) is 17.4 Å². The van der Waals surface area contributed by atoms with Gasteiger partial charge in [-0.2, -0.15) is 0 Å². The summed E-state index contributed by atoms with van der Waals surface area (Å²) in [6.45, 7) is 0.0416. The number of thiophene rings is 1. The molecule has 0 aliphatic carbocycles. The van der Waals surface area contributed by atoms with Crippen LogP contribution in [0.5, 0.6) is 0 Å². The van der Waals surface area contributed by atoms with Gasteiger partial charge in [-0.1, -0.05) is 12.1 Å². The van der Waals surface area contributed by atoms with Crippen LogP contribution in [-0.2, 0) is 12.5 Å². The van der Waals surface area contributed by atoms with Gasteiger partial charge in [0.05, 0.1) is 6.61 Å². The van der Waals surface area contributed by atoms with E-state index in [2.05, 4.69) is 12.6 Å². The minimum Gasteiger partial charge on any atom is -0.391 e. The van der Waals surface area contributed by atoms with E-state index in [0.29, 0.717) is 5.88 Å². The van der Waals surface area contributed by atoms with Gasteiger partial charge in [-0.15, -0.1) is 35.6 Å². The van der Waals surface area contributed by atoms with Crippen LogP contribution in [0.3, 0.4) is 0 Å². The van der Waals surface area contributed by atoms with Crippen molar-refractivity contribution >= 4 is 45.7 Å². The summed E-state index contributed by atoms with van der Waals surface area (Å²) in [5, 5.41) is 10.2. The number of aliphatic hydroxyl groups is 1. The summed E-state index contributed by atoms with van der Waals surface area (Å²) in [6.07, 6.45) is 0. The highest BCUT2D eigenvalue weighted by atomic mass is 35.5. The van der Waals surface area contributed by atoms with E-state index in [9.17, 15) is 0 Å². The number of alkyl halides is 1. The summed E-state index contributed by atoms with van der Waals surface area (Å²) in [5.74, 6) is 0.479. The molecule has 0 bridgehead atoms. The molecule has 2 aromatic rings. The van der Waals surface area contributed by atoms with Crippen molar-refractivity contribution < 1.29 is 5.11 Å². The Balaban J connectivity index is 2.79. The molecule has 14 heavy (non-hydrogen) atoms. The van der Waals surface area contributed by atoms with Crippen LogP contribution in [-0.4, -0.2) is 5.11 Å². The Kier molecular flexibility index (Phi) is 3.02. The summed E-state index contributed by atoms with van der Waals surface area (Å²) >= 11 is 11.8. The second kappa shape index (κ2) is 4.11. The number of halogens is 1. The van der Waals surface area contributed by atoms with Gasteiger partial charge in [-0.05, 0) is 11.6 Å². The molecule has 1 heterocycles. The third-order valence-electron chi connectivity index (χ3n) is 2.13. The highest BCUT2D eigenvalue weighted by molar-refractivity contribution is 7.80. The second-order valence-electron chi connectivity index (χ2n) is 2.96. The van der Waals surface area contributed by atoms with E-state index >= 15 is 0 Å². The molecule has 74 valence electrons. The minimum absolute atomic E-state index is 0.0416. The lowest BCUT2D eigenvalue weighted by Gasteiger charge is -1.98. The Morgan fingerprint density at radius 1 is 1.43 bits per heavy atom. The predicted octanol–water partition coefficient (Wildman–Crippen LogP) is 3.42. The number of fused-ring (bicyclic) bond motifs is 1. The molecule has 4 heteroatoms. The van der Waals surface area contributed by atoms with Gasteiger partial charge in [-0.25, -0.2) is 0 Å². The molecule has 0 aliphatic rings. The molecule has 0 saturated heterocycles. The lowest BCUT2D eigenvalue weighted by atomic mass is 10.1. The summed E-state index contributed by atoms with van der Waals surface area (Å²) in [4.78, 5) is 1.77. The molecule has 0 amide bonds. The fraction of sp³-hybridized carbons (Fsp3) is 0.200. The van der Waals surface area contributed by atoms with E-state index in [0.717, 1.165) is 25.4 Å². The van der Waals surface area contributed by atoms with Gasteiger partial charge in [0, 0.05) is 25.7 Å². The number of hydrogen-bond acceptors (Lipinski definition) is 3. The maximum absolute atomic E-state index is 9.11. The van der Waals surface area contributed by atoms with E-state index in [1.807, 2.05) is 18.2 Å². The smallest absolute Gasteiger partial charge is 0.0786 e. The van der Waals surface area contributed by atoms with Crippen molar-refractivity contribution in [1.29, 1.82) is 0 Å². The second-order valence-corrected chi connectivity index (χ2v) is 4.81. The van der Waals surface area contributed by atoms with Gasteiger partial charge in [-0.3, -0.25) is 0 Å². The van der Waals surface area contributed by atoms with Gasteiger partial charge >= 0.3 is 0 Å². The zero-order valence-electron chi connectivity index (χ0n) is 7.33. The van der Waals surface area contributed by atoms with Crippen LogP contribution >= 0.6 is 35.6 Å². The molecule has 0 fully saturated rings. The van der Waals surface area contributed by atoms with Crippen LogP contribution in [0, 0.1) is 0 Å². The van der Waals surface area contributed by atoms with Crippen LogP contribution in [0.25, 0.3) is 10.1 Å². The molecule has 0 saturated carbocycles. The first-order chi connectivity index (χ1) is 6.77. The standard InChI is InChI=1S/C10H9ClOS2/c11-4-6-2-1-3-7-9(6)10(13)8(5-12)14-7/h1-3,12-13H,4-5H2. The summed E-state index contributed by atoms with van der Waals surface area (Å²) in [6, 6.07) is 5.99. The monoisotopic (exact) mass is 244 g/mol. The van der Waals surface area contributed by atoms with Gasteiger partial charge in [0.1, 0.15) is 0 Å². The lowest BCUT2D eigenvalue weighted by molar-refractivity contribution is 0.283. The molecule has 1 aromatic heterocycles. The van der Waals surface area contributed by atoms with Gasteiger partial charge in [0.15, 0.2) is 0 Å². The largest absolute Gasteiger partial charge is 0.391 e. The maximum atomic E-state index is 9.11. The first-order valence-electron chi connectivity index (χ1n) is 4.17. The molecule has 0 spiro atoms. The Morgan fingerprint density at radius 2 is 2.21 bits per heavy atom. The van der Waals surface area contributed by atoms with E-state index in [4.69, 9.17) is 16.7 Å². The zero-order valence-corrected chi connectivity index (χ0v) is 9.79. The van der Waals surface area contributed by atoms with Crippen molar-refractivity contribution in [3.8, 4) is 0 Å². The number of benzene rings is 1. The fourth-order valence-electron chi connectivity index (χ4n) is 1.47. The maximum Gasteiger partial charge on any atom is 0.0786 e. The van der Waals surface area contributed by atoms with E-state index < -0.39 is 0 Å². The minimum atomic E-state index is 0.0416. The van der Waals surface area contributed by atoms with E-state index in [1.54, 1.807) is 11.3 Å². The van der Waals surface area contributed by atoms with Crippen LogP contribution < -0.4 is 0 Å². The third kappa shape index (κ3) is 1.54. The summed E-state index contributed by atoms with van der Waals surface area (Å²) < 4.78 is 1.14. The molecular weight excluding hydrogens is 236 g/mol. The van der Waals surface area contributed by atoms with Crippen LogP contribution in [0.2, 0.25) is 0 Å². The third-order valence-corrected chi connectivity index (χ3v) is 4.21. The normalized spacial score (nSPS) is 11.1. The van der Waals surface area contributed by atoms with Crippen molar-refractivity contribution in [2.75, 3.05) is 0 Å². The summed E-state index contributed by atoms with van der Waals surface area (Å²) in [7, 11) is 0. The Bertz CT molecular complexity index is 464. The predicted molar refractivity (Wildman–Crippen MR) is 64.6 cm³/mol. The van der Waals surface area contributed by atoms with Crippen molar-refractivity contribution in [3.05, 3.63) is 28.6 Å². The molecule has 1 N–H and O–H groups in total. The lowest BCUT2D eigenvalue weighted by Crippen LogP contribution is -1.80. The number of thiol groups is 1. The summed E-state index contributed by atoms with van der Waals surface area (Å²) in [5.41, 5.74) is 1.07. The highest BCUT2D eigenvalue weighted by Gasteiger charge is 2.10. The molecule has 0 atom stereocenters. The van der Waals surface area contributed by atoms with Gasteiger partial charge in [0.2, 0.25) is 0 Å². The SMILES string of the molecule is OCc1sc2cccc(CCl)c2c1S. The number of aliphatic hydroxyl groups excluding tert-OH is 1. The Labute approximate surface area is 96.7 Å². The van der Waals surface area contributed by atoms with Crippen LogP contribution in [0.1, 0.15) is 10.4 Å². The zero-order chi connectivity index (χ0) is 10.1. The van der Waals surface area contributed by atoms with Crippen LogP contribution in [0.15, 0.2) is 23.1 Å². The van der Waals surface area contributed by atoms with E-state index in [1.165, 1.54) is 0 Å². The molecule has 1 nitrogen and oxygen atoms in total. The topological polar surface area (TPSA) is 20.2 Å².